The van der Waals surface area contributed by atoms with E-state index < -0.39 is 0 Å². The van der Waals surface area contributed by atoms with Crippen molar-refractivity contribution in [2.45, 2.75) is 6.92 Å². The van der Waals surface area contributed by atoms with Crippen LogP contribution in [0, 0.1) is 5.21 Å². The number of hydrogen-bond donors (Lipinski definition) is 1. The molecule has 0 fully saturated rings. The van der Waals surface area contributed by atoms with Crippen LogP contribution in [-0.2, 0) is 0 Å². The first-order valence-corrected chi connectivity index (χ1v) is 2.50. The van der Waals surface area contributed by atoms with Gasteiger partial charge in [0.25, 0.3) is 0 Å². The van der Waals surface area contributed by atoms with Gasteiger partial charge in [-0.1, -0.05) is 0 Å². The Labute approximate surface area is 47.9 Å². The second-order valence-electron chi connectivity index (χ2n) is 1.82. The molecule has 1 N–H and O–H groups in total. The van der Waals surface area contributed by atoms with E-state index in [1.165, 1.54) is 0 Å². The van der Waals surface area contributed by atoms with Crippen LogP contribution in [0.25, 0.3) is 0 Å². The van der Waals surface area contributed by atoms with Crippen molar-refractivity contribution in [3.05, 3.63) is 17.0 Å². The lowest BCUT2D eigenvalue weighted by Gasteiger charge is -2.17. The molecule has 0 radical (unpaired) electrons. The van der Waals surface area contributed by atoms with Crippen molar-refractivity contribution in [2.24, 2.45) is 4.99 Å². The highest BCUT2D eigenvalue weighted by atomic mass is 16.5. The lowest BCUT2D eigenvalue weighted by atomic mass is 10.3. The van der Waals surface area contributed by atoms with Gasteiger partial charge in [-0.25, -0.2) is 4.99 Å². The standard InChI is InChI=1S/C5H8N2O/c1-5-2-6-4-7(8)3-5/h2-3,7H,4H2,1H3. The molecule has 1 atom stereocenters. The Morgan fingerprint density at radius 3 is 3.00 bits per heavy atom. The van der Waals surface area contributed by atoms with Gasteiger partial charge >= 0.3 is 0 Å². The minimum atomic E-state index is 0.102. The van der Waals surface area contributed by atoms with Gasteiger partial charge in [-0.15, -0.1) is 0 Å². The van der Waals surface area contributed by atoms with Gasteiger partial charge in [0.1, 0.15) is 6.20 Å². The Bertz CT molecular complexity index is 139. The van der Waals surface area contributed by atoms with E-state index in [2.05, 4.69) is 4.99 Å². The molecule has 0 saturated heterocycles. The molecule has 1 aliphatic heterocycles. The van der Waals surface area contributed by atoms with Gasteiger partial charge < -0.3 is 10.3 Å². The highest BCUT2D eigenvalue weighted by Gasteiger charge is 1.95. The van der Waals surface area contributed by atoms with Gasteiger partial charge in [0, 0.05) is 11.8 Å². The average molecular weight is 112 g/mol. The molecule has 44 valence electrons. The molecular weight excluding hydrogens is 104 g/mol. The number of rotatable bonds is 0. The van der Waals surface area contributed by atoms with Gasteiger partial charge in [0.15, 0.2) is 6.67 Å². The predicted molar refractivity (Wildman–Crippen MR) is 31.4 cm³/mol. The fourth-order valence-corrected chi connectivity index (χ4v) is 0.616. The maximum absolute atomic E-state index is 10.5. The fraction of sp³-hybridized carbons (Fsp3) is 0.400. The second kappa shape index (κ2) is 2.07. The number of hydrogen-bond acceptors (Lipinski definition) is 2. The molecule has 0 aromatic heterocycles. The summed E-state index contributed by atoms with van der Waals surface area (Å²) < 4.78 is 0. The average Bonchev–Trinajstić information content (AvgIpc) is 1.64. The maximum atomic E-state index is 10.5. The lowest BCUT2D eigenvalue weighted by molar-refractivity contribution is -0.791. The van der Waals surface area contributed by atoms with Crippen LogP contribution < -0.4 is 5.06 Å². The van der Waals surface area contributed by atoms with Crippen molar-refractivity contribution in [2.75, 3.05) is 6.67 Å². The first-order chi connectivity index (χ1) is 3.79. The fourth-order valence-electron chi connectivity index (χ4n) is 0.616. The van der Waals surface area contributed by atoms with Crippen molar-refractivity contribution >= 4 is 6.21 Å². The smallest absolute Gasteiger partial charge is 0.174 e. The SMILES string of the molecule is CC1=C[NH+]([O-])CN=C1. The lowest BCUT2D eigenvalue weighted by Crippen LogP contribution is -3.02. The molecule has 8 heavy (non-hydrogen) atoms. The van der Waals surface area contributed by atoms with Gasteiger partial charge in [-0.3, -0.25) is 0 Å². The van der Waals surface area contributed by atoms with Crippen molar-refractivity contribution in [3.63, 3.8) is 0 Å². The third-order valence-electron chi connectivity index (χ3n) is 0.931. The Morgan fingerprint density at radius 1 is 1.88 bits per heavy atom. The number of quaternary nitrogens is 1. The molecule has 0 aromatic carbocycles. The predicted octanol–water partition coefficient (Wildman–Crippen LogP) is -0.685. The Balaban J connectivity index is 2.63. The van der Waals surface area contributed by atoms with Crippen LogP contribution in [-0.4, -0.2) is 12.9 Å². The summed E-state index contributed by atoms with van der Waals surface area (Å²) in [4.78, 5) is 3.80. The third-order valence-corrected chi connectivity index (χ3v) is 0.931. The highest BCUT2D eigenvalue weighted by molar-refractivity contribution is 5.77. The van der Waals surface area contributed by atoms with E-state index in [1.807, 2.05) is 6.92 Å². The molecule has 1 unspecified atom stereocenters. The van der Waals surface area contributed by atoms with Crippen LogP contribution in [0.1, 0.15) is 6.92 Å². The van der Waals surface area contributed by atoms with Crippen LogP contribution in [0.2, 0.25) is 0 Å². The van der Waals surface area contributed by atoms with Crippen LogP contribution in [0.3, 0.4) is 0 Å². The van der Waals surface area contributed by atoms with Crippen LogP contribution in [0.5, 0.6) is 0 Å². The molecule has 0 amide bonds. The van der Waals surface area contributed by atoms with E-state index in [4.69, 9.17) is 0 Å². The van der Waals surface area contributed by atoms with Crippen molar-refractivity contribution in [1.29, 1.82) is 0 Å². The first kappa shape index (κ1) is 5.47. The largest absolute Gasteiger partial charge is 0.628 e. The minimum Gasteiger partial charge on any atom is -0.628 e. The Kier molecular flexibility index (Phi) is 1.41. The zero-order valence-electron chi connectivity index (χ0n) is 4.72. The zero-order valence-corrected chi connectivity index (χ0v) is 4.72. The third kappa shape index (κ3) is 1.15. The quantitative estimate of drug-likeness (QED) is 0.414. The molecule has 1 heterocycles. The van der Waals surface area contributed by atoms with Gasteiger partial charge in [-0.05, 0) is 6.92 Å². The summed E-state index contributed by atoms with van der Waals surface area (Å²) in [6, 6.07) is 0. The normalized spacial score (nSPS) is 27.8. The zero-order chi connectivity index (χ0) is 5.98. The molecule has 1 rings (SSSR count). The molecule has 3 heteroatoms. The maximum Gasteiger partial charge on any atom is 0.174 e. The minimum absolute atomic E-state index is 0.102. The summed E-state index contributed by atoms with van der Waals surface area (Å²) in [6.45, 7) is 2.19. The van der Waals surface area contributed by atoms with E-state index in [9.17, 15) is 5.21 Å². The molecule has 0 saturated carbocycles. The molecule has 3 nitrogen and oxygen atoms in total. The van der Waals surface area contributed by atoms with E-state index in [1.54, 1.807) is 12.4 Å². The summed E-state index contributed by atoms with van der Waals surface area (Å²) >= 11 is 0. The number of allylic oxidation sites excluding steroid dienone is 1. The van der Waals surface area contributed by atoms with Gasteiger partial charge in [-0.2, -0.15) is 0 Å². The van der Waals surface area contributed by atoms with E-state index in [0.717, 1.165) is 5.57 Å². The first-order valence-electron chi connectivity index (χ1n) is 2.50. The highest BCUT2D eigenvalue weighted by Crippen LogP contribution is 1.84. The van der Waals surface area contributed by atoms with Crippen molar-refractivity contribution in [1.82, 2.24) is 0 Å². The van der Waals surface area contributed by atoms with Crippen LogP contribution in [0.4, 0.5) is 0 Å². The van der Waals surface area contributed by atoms with Crippen LogP contribution in [0.15, 0.2) is 16.8 Å². The van der Waals surface area contributed by atoms with Gasteiger partial charge in [0.2, 0.25) is 0 Å². The van der Waals surface area contributed by atoms with E-state index in [0.29, 0.717) is 6.67 Å². The number of nitrogens with zero attached hydrogens (tertiary/aromatic N) is 1. The number of hydroxylamine groups is 2. The van der Waals surface area contributed by atoms with Crippen molar-refractivity contribution in [3.8, 4) is 0 Å². The molecule has 0 aromatic rings. The number of nitrogens with one attached hydrogen (secondary N) is 1. The summed E-state index contributed by atoms with van der Waals surface area (Å²) in [5.41, 5.74) is 0.946. The molecule has 0 bridgehead atoms. The summed E-state index contributed by atoms with van der Waals surface area (Å²) in [6.07, 6.45) is 3.31. The van der Waals surface area contributed by atoms with E-state index >= 15 is 0 Å². The summed E-state index contributed by atoms with van der Waals surface area (Å²) in [5.74, 6) is 0. The van der Waals surface area contributed by atoms with E-state index in [-0.39, 0.29) is 5.06 Å². The summed E-state index contributed by atoms with van der Waals surface area (Å²) in [7, 11) is 0. The molecule has 1 aliphatic rings. The monoisotopic (exact) mass is 112 g/mol. The van der Waals surface area contributed by atoms with Crippen molar-refractivity contribution < 1.29 is 5.06 Å². The van der Waals surface area contributed by atoms with Gasteiger partial charge in [0.05, 0.1) is 0 Å². The Morgan fingerprint density at radius 2 is 2.62 bits per heavy atom. The summed E-state index contributed by atoms with van der Waals surface area (Å²) in [5, 5.41) is 10.6. The topological polar surface area (TPSA) is 39.9 Å². The van der Waals surface area contributed by atoms with Crippen LogP contribution >= 0.6 is 0 Å². The Hall–Kier alpha value is -0.670. The number of aliphatic imine (C=N–C) groups is 1. The molecule has 0 spiro atoms. The molecular formula is C5H8N2O. The second-order valence-corrected chi connectivity index (χ2v) is 1.82. The molecule has 0 aliphatic carbocycles.